The van der Waals surface area contributed by atoms with Crippen molar-refractivity contribution in [1.29, 1.82) is 0 Å². The zero-order valence-corrected chi connectivity index (χ0v) is 13.8. The largest absolute Gasteiger partial charge is 0.445 e. The van der Waals surface area contributed by atoms with E-state index in [1.54, 1.807) is 6.26 Å². The lowest BCUT2D eigenvalue weighted by Gasteiger charge is -2.09. The lowest BCUT2D eigenvalue weighted by Crippen LogP contribution is -2.26. The zero-order valence-electron chi connectivity index (χ0n) is 12.1. The van der Waals surface area contributed by atoms with Gasteiger partial charge in [0.1, 0.15) is 6.61 Å². The minimum absolute atomic E-state index is 0.229. The molecular weight excluding hydrogens is 308 g/mol. The standard InChI is InChI=1S/C14H20N2O3S2/c1-20-13(21(2)18)12(15)8-9-16-14(17)19-10-11-6-4-3-5-7-11/h3-7H,8-10,15H2,1-2H3,(H,16,17)/b13-12-. The molecule has 0 aliphatic heterocycles. The Morgan fingerprint density at radius 2 is 2.05 bits per heavy atom. The first-order valence-corrected chi connectivity index (χ1v) is 9.13. The van der Waals surface area contributed by atoms with Crippen LogP contribution in [0.1, 0.15) is 12.0 Å². The van der Waals surface area contributed by atoms with Gasteiger partial charge in [0.2, 0.25) is 0 Å². The van der Waals surface area contributed by atoms with E-state index in [1.165, 1.54) is 11.8 Å². The molecule has 1 unspecified atom stereocenters. The Hall–Kier alpha value is -1.47. The van der Waals surface area contributed by atoms with Gasteiger partial charge in [-0.15, -0.1) is 11.8 Å². The van der Waals surface area contributed by atoms with Crippen molar-refractivity contribution in [2.75, 3.05) is 19.1 Å². The smallest absolute Gasteiger partial charge is 0.407 e. The minimum atomic E-state index is -1.10. The predicted octanol–water partition coefficient (Wildman–Crippen LogP) is 2.17. The molecule has 0 spiro atoms. The zero-order chi connectivity index (χ0) is 15.7. The number of benzene rings is 1. The second kappa shape index (κ2) is 9.46. The maximum absolute atomic E-state index is 11.5. The normalized spacial score (nSPS) is 13.2. The number of carbonyl (C=O) groups is 1. The maximum atomic E-state index is 11.5. The van der Waals surface area contributed by atoms with Crippen molar-refractivity contribution in [3.63, 3.8) is 0 Å². The van der Waals surface area contributed by atoms with Gasteiger partial charge < -0.3 is 15.8 Å². The van der Waals surface area contributed by atoms with Crippen LogP contribution in [-0.2, 0) is 22.1 Å². The van der Waals surface area contributed by atoms with Gasteiger partial charge in [-0.3, -0.25) is 4.21 Å². The van der Waals surface area contributed by atoms with Gasteiger partial charge in [0.05, 0.1) is 15.0 Å². The van der Waals surface area contributed by atoms with Gasteiger partial charge in [0.25, 0.3) is 0 Å². The number of rotatable bonds is 7. The molecule has 3 N–H and O–H groups in total. The topological polar surface area (TPSA) is 81.4 Å². The summed E-state index contributed by atoms with van der Waals surface area (Å²) in [5.74, 6) is 0. The van der Waals surface area contributed by atoms with Crippen LogP contribution in [0.2, 0.25) is 0 Å². The Bertz CT molecular complexity index is 518. The molecule has 0 bridgehead atoms. The Labute approximate surface area is 131 Å². The minimum Gasteiger partial charge on any atom is -0.445 e. The molecular formula is C14H20N2O3S2. The van der Waals surface area contributed by atoms with Crippen LogP contribution in [0.3, 0.4) is 0 Å². The molecule has 1 atom stereocenters. The monoisotopic (exact) mass is 328 g/mol. The fraction of sp³-hybridized carbons (Fsp3) is 0.357. The summed E-state index contributed by atoms with van der Waals surface area (Å²) in [5.41, 5.74) is 7.32. The number of alkyl carbamates (subject to hydrolysis) is 1. The van der Waals surface area contributed by atoms with Crippen LogP contribution in [-0.4, -0.2) is 29.4 Å². The van der Waals surface area contributed by atoms with E-state index in [0.717, 1.165) is 5.56 Å². The summed E-state index contributed by atoms with van der Waals surface area (Å²) >= 11 is 1.36. The van der Waals surface area contributed by atoms with E-state index in [4.69, 9.17) is 10.5 Å². The van der Waals surface area contributed by atoms with Crippen LogP contribution in [0.25, 0.3) is 0 Å². The summed E-state index contributed by atoms with van der Waals surface area (Å²) in [5, 5.41) is 2.62. The average molecular weight is 328 g/mol. The highest BCUT2D eigenvalue weighted by molar-refractivity contribution is 8.15. The number of carbonyl (C=O) groups excluding carboxylic acids is 1. The van der Waals surface area contributed by atoms with Crippen LogP contribution in [0.15, 0.2) is 40.3 Å². The van der Waals surface area contributed by atoms with E-state index in [1.807, 2.05) is 36.6 Å². The molecule has 1 rings (SSSR count). The van der Waals surface area contributed by atoms with Crippen LogP contribution >= 0.6 is 11.8 Å². The summed E-state index contributed by atoms with van der Waals surface area (Å²) in [6.45, 7) is 0.577. The number of nitrogens with one attached hydrogen (secondary N) is 1. The Kier molecular flexibility index (Phi) is 7.92. The molecule has 1 amide bonds. The molecule has 7 heteroatoms. The number of ether oxygens (including phenoxy) is 1. The van der Waals surface area contributed by atoms with Crippen molar-refractivity contribution in [3.8, 4) is 0 Å². The van der Waals surface area contributed by atoms with Crippen LogP contribution < -0.4 is 11.1 Å². The van der Waals surface area contributed by atoms with Gasteiger partial charge in [0, 0.05) is 24.9 Å². The lowest BCUT2D eigenvalue weighted by atomic mass is 10.2. The first-order chi connectivity index (χ1) is 10.0. The second-order valence-corrected chi connectivity index (χ2v) is 6.60. The summed E-state index contributed by atoms with van der Waals surface area (Å²) in [4.78, 5) is 11.5. The van der Waals surface area contributed by atoms with Gasteiger partial charge in [-0.1, -0.05) is 30.3 Å². The van der Waals surface area contributed by atoms with Gasteiger partial charge in [-0.05, 0) is 11.8 Å². The molecule has 5 nitrogen and oxygen atoms in total. The van der Waals surface area contributed by atoms with Crippen LogP contribution in [0.4, 0.5) is 4.79 Å². The van der Waals surface area contributed by atoms with Gasteiger partial charge in [-0.25, -0.2) is 4.79 Å². The maximum Gasteiger partial charge on any atom is 0.407 e. The fourth-order valence-electron chi connectivity index (χ4n) is 1.61. The molecule has 0 saturated heterocycles. The summed E-state index contributed by atoms with van der Waals surface area (Å²) in [6, 6.07) is 9.44. The van der Waals surface area contributed by atoms with Crippen molar-refractivity contribution >= 4 is 28.7 Å². The van der Waals surface area contributed by atoms with Crippen LogP contribution in [0.5, 0.6) is 0 Å². The number of hydrogen-bond acceptors (Lipinski definition) is 5. The highest BCUT2D eigenvalue weighted by Gasteiger charge is 2.08. The number of hydrogen-bond donors (Lipinski definition) is 2. The number of nitrogens with two attached hydrogens (primary N) is 1. The third kappa shape index (κ3) is 6.68. The van der Waals surface area contributed by atoms with E-state index in [9.17, 15) is 9.00 Å². The highest BCUT2D eigenvalue weighted by atomic mass is 32.2. The van der Waals surface area contributed by atoms with Crippen molar-refractivity contribution in [2.24, 2.45) is 5.73 Å². The van der Waals surface area contributed by atoms with Crippen molar-refractivity contribution < 1.29 is 13.7 Å². The molecule has 21 heavy (non-hydrogen) atoms. The summed E-state index contributed by atoms with van der Waals surface area (Å²) < 4.78 is 17.1. The summed E-state index contributed by atoms with van der Waals surface area (Å²) in [6.07, 6.45) is 3.36. The van der Waals surface area contributed by atoms with Gasteiger partial charge in [-0.2, -0.15) is 0 Å². The second-order valence-electron chi connectivity index (χ2n) is 4.21. The van der Waals surface area contributed by atoms with Crippen LogP contribution in [0, 0.1) is 0 Å². The van der Waals surface area contributed by atoms with Crippen molar-refractivity contribution in [3.05, 3.63) is 45.8 Å². The molecule has 1 aromatic rings. The third-order valence-corrected chi connectivity index (χ3v) is 5.21. The number of thioether (sulfide) groups is 1. The third-order valence-electron chi connectivity index (χ3n) is 2.59. The van der Waals surface area contributed by atoms with E-state index < -0.39 is 16.9 Å². The molecule has 116 valence electrons. The number of amides is 1. The molecule has 0 aliphatic rings. The van der Waals surface area contributed by atoms with E-state index >= 15 is 0 Å². The average Bonchev–Trinajstić information content (AvgIpc) is 2.46. The molecule has 0 aliphatic carbocycles. The molecule has 0 heterocycles. The predicted molar refractivity (Wildman–Crippen MR) is 88.0 cm³/mol. The van der Waals surface area contributed by atoms with Gasteiger partial charge in [0.15, 0.2) is 0 Å². The van der Waals surface area contributed by atoms with Crippen molar-refractivity contribution in [1.82, 2.24) is 5.32 Å². The molecule has 0 saturated carbocycles. The molecule has 0 fully saturated rings. The van der Waals surface area contributed by atoms with E-state index in [2.05, 4.69) is 5.32 Å². The van der Waals surface area contributed by atoms with E-state index in [-0.39, 0.29) is 6.61 Å². The first kappa shape index (κ1) is 17.6. The SMILES string of the molecule is CS/C(=C(/N)CCNC(=O)OCc1ccccc1)S(C)=O. The molecule has 1 aromatic carbocycles. The molecule has 0 aromatic heterocycles. The Balaban J connectivity index is 2.32. The Morgan fingerprint density at radius 1 is 1.38 bits per heavy atom. The summed E-state index contributed by atoms with van der Waals surface area (Å²) in [7, 11) is -1.10. The Morgan fingerprint density at radius 3 is 2.62 bits per heavy atom. The first-order valence-electron chi connectivity index (χ1n) is 6.35. The van der Waals surface area contributed by atoms with E-state index in [0.29, 0.717) is 22.9 Å². The molecule has 0 radical (unpaired) electrons. The quantitative estimate of drug-likeness (QED) is 0.802. The highest BCUT2D eigenvalue weighted by Crippen LogP contribution is 2.18. The van der Waals surface area contributed by atoms with Gasteiger partial charge >= 0.3 is 6.09 Å². The lowest BCUT2D eigenvalue weighted by molar-refractivity contribution is 0.140. The van der Waals surface area contributed by atoms with Crippen molar-refractivity contribution in [2.45, 2.75) is 13.0 Å². The fourth-order valence-corrected chi connectivity index (χ4v) is 3.38.